The Labute approximate surface area is 194 Å². The molecule has 2 aliphatic rings. The first kappa shape index (κ1) is 21.3. The van der Waals surface area contributed by atoms with Crippen LogP contribution in [-0.2, 0) is 0 Å². The Morgan fingerprint density at radius 1 is 0.788 bits per heavy atom. The molecule has 33 heavy (non-hydrogen) atoms. The Morgan fingerprint density at radius 2 is 1.33 bits per heavy atom. The Kier molecular flexibility index (Phi) is 6.17. The normalized spacial score (nSPS) is 17.1. The molecular weight excluding hydrogens is 414 g/mol. The number of carbonyl (C=O) groups is 1. The first-order valence-electron chi connectivity index (χ1n) is 11.5. The van der Waals surface area contributed by atoms with E-state index in [1.54, 1.807) is 0 Å². The molecule has 2 heterocycles. The van der Waals surface area contributed by atoms with Crippen molar-refractivity contribution in [2.75, 3.05) is 44.2 Å². The fraction of sp³-hybridized carbons (Fsp3) is 0.296. The van der Waals surface area contributed by atoms with E-state index in [0.29, 0.717) is 26.2 Å². The number of piperazine rings is 1. The zero-order chi connectivity index (χ0) is 22.6. The third-order valence-electron chi connectivity index (χ3n) is 6.52. The predicted octanol–water partition coefficient (Wildman–Crippen LogP) is 4.34. The smallest absolute Gasteiger partial charge is 0.407 e. The Morgan fingerprint density at radius 3 is 1.91 bits per heavy atom. The van der Waals surface area contributed by atoms with Crippen molar-refractivity contribution in [1.82, 2.24) is 9.80 Å². The van der Waals surface area contributed by atoms with E-state index in [1.165, 1.54) is 16.0 Å². The molecule has 2 saturated heterocycles. The number of carboxylic acid groups (broad SMARTS) is 1. The molecule has 0 saturated carbocycles. The predicted molar refractivity (Wildman–Crippen MR) is 129 cm³/mol. The van der Waals surface area contributed by atoms with Crippen molar-refractivity contribution in [3.63, 3.8) is 0 Å². The Hall–Kier alpha value is -3.51. The number of para-hydroxylation sites is 2. The highest BCUT2D eigenvalue weighted by Gasteiger charge is 2.36. The number of hydrogen-bond donors (Lipinski definition) is 1. The third kappa shape index (κ3) is 4.66. The van der Waals surface area contributed by atoms with Crippen LogP contribution in [0.3, 0.4) is 0 Å². The molecule has 2 fully saturated rings. The van der Waals surface area contributed by atoms with Gasteiger partial charge in [-0.25, -0.2) is 4.79 Å². The van der Waals surface area contributed by atoms with Crippen LogP contribution in [0, 0.1) is 0 Å². The lowest BCUT2D eigenvalue weighted by Gasteiger charge is -2.45. The summed E-state index contributed by atoms with van der Waals surface area (Å²) < 4.78 is 6.45. The maximum absolute atomic E-state index is 11.2. The van der Waals surface area contributed by atoms with Crippen LogP contribution in [0.15, 0.2) is 84.9 Å². The summed E-state index contributed by atoms with van der Waals surface area (Å²) in [5.41, 5.74) is 3.63. The van der Waals surface area contributed by atoms with Gasteiger partial charge in [0.05, 0.1) is 11.7 Å². The maximum Gasteiger partial charge on any atom is 0.407 e. The lowest BCUT2D eigenvalue weighted by molar-refractivity contribution is 0.000502. The molecule has 5 rings (SSSR count). The van der Waals surface area contributed by atoms with Gasteiger partial charge in [0.25, 0.3) is 0 Å². The third-order valence-corrected chi connectivity index (χ3v) is 6.52. The average Bonchev–Trinajstić information content (AvgIpc) is 2.84. The van der Waals surface area contributed by atoms with Crippen LogP contribution in [0.4, 0.5) is 10.5 Å². The van der Waals surface area contributed by atoms with Crippen LogP contribution in [0.5, 0.6) is 5.75 Å². The largest absolute Gasteiger partial charge is 0.486 e. The standard InChI is InChI=1S/C27H29N3O3/c31-27(32)29-17-15-28(16-18-29)24-13-7-8-14-25(24)33-23-19-30(20-23)26(21-9-3-1-4-10-21)22-11-5-2-6-12-22/h1-14,23,26H,15-20H2,(H,31,32). The molecule has 3 aromatic carbocycles. The quantitative estimate of drug-likeness (QED) is 0.614. The van der Waals surface area contributed by atoms with Crippen LogP contribution >= 0.6 is 0 Å². The number of likely N-dealkylation sites (tertiary alicyclic amines) is 1. The van der Waals surface area contributed by atoms with Gasteiger partial charge in [-0.3, -0.25) is 4.90 Å². The molecule has 1 amide bonds. The van der Waals surface area contributed by atoms with Crippen molar-refractivity contribution in [3.05, 3.63) is 96.1 Å². The SMILES string of the molecule is O=C(O)N1CCN(c2ccccc2OC2CN(C(c3ccccc3)c3ccccc3)C2)CC1. The molecule has 2 aliphatic heterocycles. The van der Waals surface area contributed by atoms with Gasteiger partial charge in [-0.05, 0) is 23.3 Å². The van der Waals surface area contributed by atoms with E-state index in [4.69, 9.17) is 4.74 Å². The van der Waals surface area contributed by atoms with Crippen LogP contribution in [-0.4, -0.2) is 66.4 Å². The van der Waals surface area contributed by atoms with Crippen molar-refractivity contribution in [2.24, 2.45) is 0 Å². The second-order valence-corrected chi connectivity index (χ2v) is 8.64. The summed E-state index contributed by atoms with van der Waals surface area (Å²) in [6, 6.07) is 29.6. The molecule has 0 spiro atoms. The van der Waals surface area contributed by atoms with Crippen molar-refractivity contribution in [2.45, 2.75) is 12.1 Å². The van der Waals surface area contributed by atoms with Gasteiger partial charge in [0.15, 0.2) is 0 Å². The zero-order valence-corrected chi connectivity index (χ0v) is 18.6. The minimum atomic E-state index is -0.847. The molecule has 0 radical (unpaired) electrons. The Bertz CT molecular complexity index is 1020. The van der Waals surface area contributed by atoms with Crippen molar-refractivity contribution < 1.29 is 14.6 Å². The first-order valence-corrected chi connectivity index (χ1v) is 11.5. The van der Waals surface area contributed by atoms with E-state index in [0.717, 1.165) is 24.5 Å². The van der Waals surface area contributed by atoms with E-state index in [-0.39, 0.29) is 12.1 Å². The number of ether oxygens (including phenoxy) is 1. The lowest BCUT2D eigenvalue weighted by Crippen LogP contribution is -2.55. The Balaban J connectivity index is 1.26. The number of hydrogen-bond acceptors (Lipinski definition) is 4. The molecule has 0 bridgehead atoms. The van der Waals surface area contributed by atoms with Gasteiger partial charge in [-0.2, -0.15) is 0 Å². The van der Waals surface area contributed by atoms with E-state index in [2.05, 4.69) is 76.5 Å². The monoisotopic (exact) mass is 443 g/mol. The van der Waals surface area contributed by atoms with Crippen LogP contribution in [0.1, 0.15) is 17.2 Å². The summed E-state index contributed by atoms with van der Waals surface area (Å²) in [6.45, 7) is 4.08. The fourth-order valence-electron chi connectivity index (χ4n) is 4.78. The van der Waals surface area contributed by atoms with Gasteiger partial charge in [-0.1, -0.05) is 72.8 Å². The van der Waals surface area contributed by atoms with Gasteiger partial charge in [0.2, 0.25) is 0 Å². The second kappa shape index (κ2) is 9.55. The molecule has 0 unspecified atom stereocenters. The molecule has 6 heteroatoms. The van der Waals surface area contributed by atoms with Gasteiger partial charge in [-0.15, -0.1) is 0 Å². The van der Waals surface area contributed by atoms with Crippen molar-refractivity contribution in [3.8, 4) is 5.75 Å². The summed E-state index contributed by atoms with van der Waals surface area (Å²) in [4.78, 5) is 17.4. The molecule has 0 aromatic heterocycles. The van der Waals surface area contributed by atoms with Crippen molar-refractivity contribution in [1.29, 1.82) is 0 Å². The average molecular weight is 444 g/mol. The molecule has 170 valence electrons. The van der Waals surface area contributed by atoms with E-state index >= 15 is 0 Å². The van der Waals surface area contributed by atoms with Crippen LogP contribution < -0.4 is 9.64 Å². The highest BCUT2D eigenvalue weighted by atomic mass is 16.5. The number of amides is 1. The molecule has 0 atom stereocenters. The van der Waals surface area contributed by atoms with Crippen LogP contribution in [0.2, 0.25) is 0 Å². The summed E-state index contributed by atoms with van der Waals surface area (Å²) in [5, 5.41) is 9.22. The maximum atomic E-state index is 11.2. The molecule has 0 aliphatic carbocycles. The van der Waals surface area contributed by atoms with Crippen molar-refractivity contribution >= 4 is 11.8 Å². The van der Waals surface area contributed by atoms with Gasteiger partial charge in [0.1, 0.15) is 11.9 Å². The number of anilines is 1. The zero-order valence-electron chi connectivity index (χ0n) is 18.6. The first-order chi connectivity index (χ1) is 16.2. The van der Waals surface area contributed by atoms with Gasteiger partial charge >= 0.3 is 6.09 Å². The van der Waals surface area contributed by atoms with Gasteiger partial charge < -0.3 is 19.6 Å². The molecule has 1 N–H and O–H groups in total. The lowest BCUT2D eigenvalue weighted by atomic mass is 9.94. The fourth-order valence-corrected chi connectivity index (χ4v) is 4.78. The highest BCUT2D eigenvalue weighted by molar-refractivity contribution is 5.66. The molecule has 3 aromatic rings. The number of rotatable bonds is 6. The number of benzene rings is 3. The van der Waals surface area contributed by atoms with Crippen LogP contribution in [0.25, 0.3) is 0 Å². The second-order valence-electron chi connectivity index (χ2n) is 8.64. The topological polar surface area (TPSA) is 56.3 Å². The molecular formula is C27H29N3O3. The van der Waals surface area contributed by atoms with Gasteiger partial charge in [0, 0.05) is 39.3 Å². The minimum Gasteiger partial charge on any atom is -0.486 e. The molecule has 6 nitrogen and oxygen atoms in total. The van der Waals surface area contributed by atoms with E-state index in [9.17, 15) is 9.90 Å². The summed E-state index contributed by atoms with van der Waals surface area (Å²) in [6.07, 6.45) is -0.721. The summed E-state index contributed by atoms with van der Waals surface area (Å²) in [5.74, 6) is 0.877. The van der Waals surface area contributed by atoms with E-state index < -0.39 is 6.09 Å². The minimum absolute atomic E-state index is 0.126. The summed E-state index contributed by atoms with van der Waals surface area (Å²) >= 11 is 0. The van der Waals surface area contributed by atoms with E-state index in [1.807, 2.05) is 18.2 Å². The highest BCUT2D eigenvalue weighted by Crippen LogP contribution is 2.35. The summed E-state index contributed by atoms with van der Waals surface area (Å²) in [7, 11) is 0. The number of nitrogens with zero attached hydrogens (tertiary/aromatic N) is 3.